The minimum absolute atomic E-state index is 0.359. The van der Waals surface area contributed by atoms with Crippen molar-refractivity contribution in [1.29, 1.82) is 0 Å². The molecule has 7 heteroatoms. The second kappa shape index (κ2) is 9.09. The molecule has 0 radical (unpaired) electrons. The summed E-state index contributed by atoms with van der Waals surface area (Å²) in [6, 6.07) is 16.2. The quantitative estimate of drug-likeness (QED) is 0.418. The molecule has 0 amide bonds. The lowest BCUT2D eigenvalue weighted by Gasteiger charge is -2.21. The number of H-pyrrole nitrogens is 1. The van der Waals surface area contributed by atoms with Gasteiger partial charge in [0.05, 0.1) is 5.02 Å². The van der Waals surface area contributed by atoms with Gasteiger partial charge in [-0.1, -0.05) is 61.0 Å². The summed E-state index contributed by atoms with van der Waals surface area (Å²) in [6.45, 7) is 2.48. The van der Waals surface area contributed by atoms with Gasteiger partial charge < -0.3 is 4.74 Å². The minimum Gasteiger partial charge on any atom is -0.488 e. The van der Waals surface area contributed by atoms with E-state index in [4.69, 9.17) is 21.3 Å². The van der Waals surface area contributed by atoms with Crippen LogP contribution in [0.4, 0.5) is 0 Å². The van der Waals surface area contributed by atoms with Gasteiger partial charge in [0.15, 0.2) is 0 Å². The van der Waals surface area contributed by atoms with Gasteiger partial charge in [0.25, 0.3) is 0 Å². The fraction of sp³-hybridized carbons (Fsp3) is 0.280. The van der Waals surface area contributed by atoms with E-state index in [1.807, 2.05) is 42.5 Å². The van der Waals surface area contributed by atoms with Crippen molar-refractivity contribution in [3.05, 3.63) is 76.1 Å². The highest BCUT2D eigenvalue weighted by atomic mass is 35.5. The number of hydrogen-bond donors (Lipinski definition) is 1. The van der Waals surface area contributed by atoms with Crippen LogP contribution in [0.5, 0.6) is 5.75 Å². The number of tetrazole rings is 1. The predicted octanol–water partition coefficient (Wildman–Crippen LogP) is 5.60. The van der Waals surface area contributed by atoms with Gasteiger partial charge in [0.1, 0.15) is 12.4 Å². The van der Waals surface area contributed by atoms with E-state index in [1.54, 1.807) is 0 Å². The first-order chi connectivity index (χ1) is 15.7. The van der Waals surface area contributed by atoms with Gasteiger partial charge >= 0.3 is 0 Å². The Bertz CT molecular complexity index is 1230. The fourth-order valence-electron chi connectivity index (χ4n) is 4.26. The Balaban J connectivity index is 1.51. The third-order valence-corrected chi connectivity index (χ3v) is 6.37. The number of nitrogens with zero attached hydrogens (tertiary/aromatic N) is 4. The number of halogens is 1. The summed E-state index contributed by atoms with van der Waals surface area (Å²) in [4.78, 5) is 4.83. The van der Waals surface area contributed by atoms with Crippen LogP contribution in [0.2, 0.25) is 5.02 Å². The first-order valence-electron chi connectivity index (χ1n) is 11.0. The predicted molar refractivity (Wildman–Crippen MR) is 125 cm³/mol. The van der Waals surface area contributed by atoms with Gasteiger partial charge in [-0.05, 0) is 48.4 Å². The number of rotatable bonds is 6. The van der Waals surface area contributed by atoms with Crippen molar-refractivity contribution in [3.63, 3.8) is 0 Å². The molecule has 0 spiro atoms. The van der Waals surface area contributed by atoms with Gasteiger partial charge in [-0.3, -0.25) is 4.98 Å². The van der Waals surface area contributed by atoms with Crippen LogP contribution < -0.4 is 4.74 Å². The summed E-state index contributed by atoms with van der Waals surface area (Å²) in [5.74, 6) is 1.39. The number of benzene rings is 2. The van der Waals surface area contributed by atoms with Gasteiger partial charge in [0.2, 0.25) is 5.82 Å². The van der Waals surface area contributed by atoms with Crippen molar-refractivity contribution < 1.29 is 4.74 Å². The zero-order chi connectivity index (χ0) is 21.9. The number of pyridine rings is 1. The maximum atomic E-state index is 6.91. The number of ether oxygens (including phenoxy) is 1. The smallest absolute Gasteiger partial charge is 0.206 e. The number of fused-ring (bicyclic) bond motifs is 1. The molecule has 2 aromatic heterocycles. The number of aromatic nitrogens is 5. The Hall–Kier alpha value is -3.25. The second-order valence-corrected chi connectivity index (χ2v) is 8.33. The highest BCUT2D eigenvalue weighted by Crippen LogP contribution is 2.38. The molecule has 0 aliphatic heterocycles. The van der Waals surface area contributed by atoms with E-state index in [-0.39, 0.29) is 0 Å². The molecule has 5 rings (SSSR count). The zero-order valence-electron chi connectivity index (χ0n) is 17.9. The Morgan fingerprint density at radius 1 is 1.06 bits per heavy atom. The summed E-state index contributed by atoms with van der Waals surface area (Å²) < 4.78 is 6.34. The van der Waals surface area contributed by atoms with Gasteiger partial charge in [-0.25, -0.2) is 0 Å². The zero-order valence-corrected chi connectivity index (χ0v) is 18.7. The van der Waals surface area contributed by atoms with Crippen molar-refractivity contribution in [1.82, 2.24) is 25.6 Å². The minimum atomic E-state index is 0.359. The van der Waals surface area contributed by atoms with Gasteiger partial charge in [-0.2, -0.15) is 5.21 Å². The maximum Gasteiger partial charge on any atom is 0.206 e. The van der Waals surface area contributed by atoms with E-state index in [1.165, 1.54) is 24.1 Å². The summed E-state index contributed by atoms with van der Waals surface area (Å²) in [7, 11) is 0. The average molecular weight is 446 g/mol. The van der Waals surface area contributed by atoms with E-state index < -0.39 is 0 Å². The van der Waals surface area contributed by atoms with Crippen LogP contribution in [0.25, 0.3) is 22.5 Å². The third kappa shape index (κ3) is 3.98. The summed E-state index contributed by atoms with van der Waals surface area (Å²) in [5, 5.41) is 15.2. The molecule has 1 aliphatic rings. The lowest BCUT2D eigenvalue weighted by molar-refractivity contribution is 0.300. The first kappa shape index (κ1) is 20.6. The molecule has 1 aliphatic carbocycles. The van der Waals surface area contributed by atoms with Crippen LogP contribution in [-0.2, 0) is 25.9 Å². The van der Waals surface area contributed by atoms with Crippen LogP contribution in [0.15, 0.2) is 48.5 Å². The molecule has 0 fully saturated rings. The molecule has 0 atom stereocenters. The molecule has 0 saturated heterocycles. The lowest BCUT2D eigenvalue weighted by Crippen LogP contribution is -2.10. The molecule has 1 N–H and O–H groups in total. The van der Waals surface area contributed by atoms with E-state index in [0.717, 1.165) is 53.0 Å². The van der Waals surface area contributed by atoms with E-state index >= 15 is 0 Å². The fourth-order valence-corrected chi connectivity index (χ4v) is 4.57. The van der Waals surface area contributed by atoms with Crippen LogP contribution in [-0.4, -0.2) is 25.6 Å². The van der Waals surface area contributed by atoms with Crippen molar-refractivity contribution in [2.45, 2.75) is 45.6 Å². The van der Waals surface area contributed by atoms with E-state index in [9.17, 15) is 0 Å². The Morgan fingerprint density at radius 2 is 1.91 bits per heavy atom. The molecule has 2 heterocycles. The Morgan fingerprint density at radius 3 is 2.69 bits per heavy atom. The Kier molecular flexibility index (Phi) is 5.86. The molecular weight excluding hydrogens is 422 g/mol. The van der Waals surface area contributed by atoms with Crippen LogP contribution in [0.3, 0.4) is 0 Å². The normalized spacial score (nSPS) is 13.1. The topological polar surface area (TPSA) is 76.6 Å². The number of hydrogen-bond acceptors (Lipinski definition) is 5. The molecule has 0 bridgehead atoms. The van der Waals surface area contributed by atoms with Gasteiger partial charge in [0, 0.05) is 34.1 Å². The monoisotopic (exact) mass is 445 g/mol. The average Bonchev–Trinajstić information content (AvgIpc) is 3.37. The van der Waals surface area contributed by atoms with E-state index in [2.05, 4.69) is 33.6 Å². The SMILES string of the molecule is CCc1cc(OCc2ccc(-c3ccccc3)c(-c3nn[nH]n3)c2Cl)c2c(n1)CCCC2. The van der Waals surface area contributed by atoms with Crippen molar-refractivity contribution in [3.8, 4) is 28.3 Å². The first-order valence-corrected chi connectivity index (χ1v) is 11.4. The third-order valence-electron chi connectivity index (χ3n) is 5.93. The van der Waals surface area contributed by atoms with Gasteiger partial charge in [-0.15, -0.1) is 10.2 Å². The number of aryl methyl sites for hydroxylation is 2. The summed E-state index contributed by atoms with van der Waals surface area (Å²) in [5.41, 5.74) is 7.11. The van der Waals surface area contributed by atoms with E-state index in [0.29, 0.717) is 17.5 Å². The van der Waals surface area contributed by atoms with Crippen molar-refractivity contribution >= 4 is 11.6 Å². The van der Waals surface area contributed by atoms with Crippen LogP contribution >= 0.6 is 11.6 Å². The maximum absolute atomic E-state index is 6.91. The molecule has 162 valence electrons. The van der Waals surface area contributed by atoms with Crippen molar-refractivity contribution in [2.75, 3.05) is 0 Å². The summed E-state index contributed by atoms with van der Waals surface area (Å²) in [6.07, 6.45) is 5.28. The number of nitrogens with one attached hydrogen (secondary N) is 1. The molecule has 0 saturated carbocycles. The molecule has 4 aromatic rings. The second-order valence-electron chi connectivity index (χ2n) is 7.95. The lowest BCUT2D eigenvalue weighted by atomic mass is 9.94. The van der Waals surface area contributed by atoms with Crippen LogP contribution in [0.1, 0.15) is 42.3 Å². The standard InChI is InChI=1S/C25H24ClN5O/c1-2-18-14-22(20-10-6-7-11-21(20)27-18)32-15-17-12-13-19(16-8-4-3-5-9-16)23(24(17)26)25-28-30-31-29-25/h3-5,8-9,12-14H,2,6-7,10-11,15H2,1H3,(H,28,29,30,31). The number of aromatic amines is 1. The highest BCUT2D eigenvalue weighted by Gasteiger charge is 2.20. The highest BCUT2D eigenvalue weighted by molar-refractivity contribution is 6.34. The molecule has 2 aromatic carbocycles. The van der Waals surface area contributed by atoms with Crippen LogP contribution in [0, 0.1) is 0 Å². The molecular formula is C25H24ClN5O. The van der Waals surface area contributed by atoms with Crippen molar-refractivity contribution in [2.24, 2.45) is 0 Å². The molecule has 6 nitrogen and oxygen atoms in total. The largest absolute Gasteiger partial charge is 0.488 e. The summed E-state index contributed by atoms with van der Waals surface area (Å²) >= 11 is 6.91. The Labute approximate surface area is 192 Å². The molecule has 32 heavy (non-hydrogen) atoms. The molecule has 0 unspecified atom stereocenters.